The molecule has 1 aliphatic rings. The average molecular weight is 276 g/mol. The van der Waals surface area contributed by atoms with E-state index in [4.69, 9.17) is 10.5 Å². The van der Waals surface area contributed by atoms with Crippen molar-refractivity contribution in [2.24, 2.45) is 5.92 Å². The third kappa shape index (κ3) is 2.89. The van der Waals surface area contributed by atoms with Gasteiger partial charge in [-0.15, -0.1) is 0 Å². The van der Waals surface area contributed by atoms with Crippen LogP contribution in [0.15, 0.2) is 18.2 Å². The van der Waals surface area contributed by atoms with Crippen LogP contribution < -0.4 is 15.4 Å². The fourth-order valence-electron chi connectivity index (χ4n) is 2.48. The molecule has 0 bridgehead atoms. The number of nitrogens with zero attached hydrogens (tertiary/aromatic N) is 1. The molecule has 0 aromatic heterocycles. The predicted molar refractivity (Wildman–Crippen MR) is 82.0 cm³/mol. The van der Waals surface area contributed by atoms with Gasteiger partial charge in [0.1, 0.15) is 5.75 Å². The first kappa shape index (κ1) is 14.7. The number of rotatable bonds is 5. The van der Waals surface area contributed by atoms with Crippen molar-refractivity contribution in [3.63, 3.8) is 0 Å². The standard InChI is InChI=1S/C16H24N2O2/c1-4-5-6-9-18-13-8-7-12(17)10-14(13)20-15(11(2)3)16(18)19/h7-8,10-11,15H,4-6,9,17H2,1-3H3. The second kappa shape index (κ2) is 6.16. The number of fused-ring (bicyclic) bond motifs is 1. The molecule has 0 saturated carbocycles. The Morgan fingerprint density at radius 2 is 2.10 bits per heavy atom. The Hall–Kier alpha value is -1.71. The summed E-state index contributed by atoms with van der Waals surface area (Å²) in [6.07, 6.45) is 2.87. The summed E-state index contributed by atoms with van der Waals surface area (Å²) in [6, 6.07) is 5.51. The molecule has 1 aromatic carbocycles. The number of unbranched alkanes of at least 4 members (excludes halogenated alkanes) is 2. The van der Waals surface area contributed by atoms with Crippen molar-refractivity contribution in [3.8, 4) is 5.75 Å². The van der Waals surface area contributed by atoms with E-state index in [1.54, 1.807) is 0 Å². The van der Waals surface area contributed by atoms with Crippen LogP contribution in [0, 0.1) is 5.92 Å². The topological polar surface area (TPSA) is 55.6 Å². The maximum absolute atomic E-state index is 12.6. The molecule has 2 N–H and O–H groups in total. The average Bonchev–Trinajstić information content (AvgIpc) is 2.40. The van der Waals surface area contributed by atoms with Gasteiger partial charge in [-0.3, -0.25) is 4.79 Å². The van der Waals surface area contributed by atoms with Gasteiger partial charge in [-0.25, -0.2) is 0 Å². The van der Waals surface area contributed by atoms with E-state index in [1.165, 1.54) is 0 Å². The molecule has 20 heavy (non-hydrogen) atoms. The Balaban J connectivity index is 2.30. The molecule has 1 heterocycles. The van der Waals surface area contributed by atoms with E-state index in [0.717, 1.165) is 37.2 Å². The van der Waals surface area contributed by atoms with E-state index in [9.17, 15) is 4.79 Å². The van der Waals surface area contributed by atoms with Crippen molar-refractivity contribution in [2.75, 3.05) is 17.2 Å². The molecular formula is C16H24N2O2. The van der Waals surface area contributed by atoms with Crippen LogP contribution in [-0.4, -0.2) is 18.6 Å². The van der Waals surface area contributed by atoms with Crippen molar-refractivity contribution < 1.29 is 9.53 Å². The summed E-state index contributed by atoms with van der Waals surface area (Å²) < 4.78 is 5.85. The lowest BCUT2D eigenvalue weighted by atomic mass is 10.0. The van der Waals surface area contributed by atoms with Crippen LogP contribution in [0.5, 0.6) is 5.75 Å². The molecule has 0 radical (unpaired) electrons. The van der Waals surface area contributed by atoms with Gasteiger partial charge in [-0.2, -0.15) is 0 Å². The zero-order valence-electron chi connectivity index (χ0n) is 12.6. The number of benzene rings is 1. The lowest BCUT2D eigenvalue weighted by molar-refractivity contribution is -0.128. The Morgan fingerprint density at radius 1 is 1.35 bits per heavy atom. The molecule has 4 nitrogen and oxygen atoms in total. The van der Waals surface area contributed by atoms with E-state index in [-0.39, 0.29) is 11.8 Å². The third-order valence-corrected chi connectivity index (χ3v) is 3.63. The van der Waals surface area contributed by atoms with Crippen molar-refractivity contribution in [3.05, 3.63) is 18.2 Å². The zero-order chi connectivity index (χ0) is 14.7. The van der Waals surface area contributed by atoms with Crippen LogP contribution in [-0.2, 0) is 4.79 Å². The Morgan fingerprint density at radius 3 is 2.75 bits per heavy atom. The van der Waals surface area contributed by atoms with Gasteiger partial charge >= 0.3 is 0 Å². The third-order valence-electron chi connectivity index (χ3n) is 3.63. The smallest absolute Gasteiger partial charge is 0.268 e. The lowest BCUT2D eigenvalue weighted by Gasteiger charge is -2.36. The first-order chi connectivity index (χ1) is 9.54. The van der Waals surface area contributed by atoms with Gasteiger partial charge in [-0.05, 0) is 24.5 Å². The summed E-state index contributed by atoms with van der Waals surface area (Å²) in [7, 11) is 0. The number of ether oxygens (including phenoxy) is 1. The highest BCUT2D eigenvalue weighted by molar-refractivity contribution is 6.00. The number of hydrogen-bond donors (Lipinski definition) is 1. The van der Waals surface area contributed by atoms with Gasteiger partial charge in [0.2, 0.25) is 0 Å². The minimum atomic E-state index is -0.411. The summed E-state index contributed by atoms with van der Waals surface area (Å²) in [5, 5.41) is 0. The van der Waals surface area contributed by atoms with Gasteiger partial charge in [0.05, 0.1) is 5.69 Å². The molecule has 1 amide bonds. The van der Waals surface area contributed by atoms with Crippen LogP contribution in [0.2, 0.25) is 0 Å². The van der Waals surface area contributed by atoms with E-state index < -0.39 is 6.10 Å². The number of carbonyl (C=O) groups excluding carboxylic acids is 1. The fourth-order valence-corrected chi connectivity index (χ4v) is 2.48. The van der Waals surface area contributed by atoms with Gasteiger partial charge < -0.3 is 15.4 Å². The Bertz CT molecular complexity index is 485. The molecule has 0 saturated heterocycles. The normalized spacial score (nSPS) is 18.1. The highest BCUT2D eigenvalue weighted by Crippen LogP contribution is 2.37. The molecule has 0 spiro atoms. The van der Waals surface area contributed by atoms with Gasteiger partial charge in [-0.1, -0.05) is 33.6 Å². The van der Waals surface area contributed by atoms with Gasteiger partial charge in [0.15, 0.2) is 6.10 Å². The van der Waals surface area contributed by atoms with Crippen molar-refractivity contribution in [2.45, 2.75) is 46.1 Å². The molecule has 4 heteroatoms. The molecule has 2 rings (SSSR count). The SMILES string of the molecule is CCCCCN1C(=O)C(C(C)C)Oc2cc(N)ccc21. The quantitative estimate of drug-likeness (QED) is 0.663. The maximum Gasteiger partial charge on any atom is 0.268 e. The Kier molecular flexibility index (Phi) is 4.53. The monoisotopic (exact) mass is 276 g/mol. The van der Waals surface area contributed by atoms with Crippen LogP contribution in [0.3, 0.4) is 0 Å². The summed E-state index contributed by atoms with van der Waals surface area (Å²) in [5.74, 6) is 0.930. The molecule has 1 aromatic rings. The number of carbonyl (C=O) groups is 1. The van der Waals surface area contributed by atoms with E-state index in [0.29, 0.717) is 5.69 Å². The fraction of sp³-hybridized carbons (Fsp3) is 0.562. The molecular weight excluding hydrogens is 252 g/mol. The first-order valence-electron chi connectivity index (χ1n) is 7.42. The van der Waals surface area contributed by atoms with Crippen LogP contribution >= 0.6 is 0 Å². The molecule has 1 unspecified atom stereocenters. The molecule has 0 aliphatic carbocycles. The van der Waals surface area contributed by atoms with Crippen LogP contribution in [0.25, 0.3) is 0 Å². The molecule has 110 valence electrons. The van der Waals surface area contributed by atoms with E-state index in [1.807, 2.05) is 36.9 Å². The van der Waals surface area contributed by atoms with Gasteiger partial charge in [0.25, 0.3) is 5.91 Å². The minimum Gasteiger partial charge on any atom is -0.478 e. The maximum atomic E-state index is 12.6. The largest absolute Gasteiger partial charge is 0.478 e. The Labute approximate surface area is 120 Å². The summed E-state index contributed by atoms with van der Waals surface area (Å²) in [4.78, 5) is 14.4. The first-order valence-corrected chi connectivity index (χ1v) is 7.42. The summed E-state index contributed by atoms with van der Waals surface area (Å²) in [6.45, 7) is 6.91. The molecule has 0 fully saturated rings. The van der Waals surface area contributed by atoms with Gasteiger partial charge in [0, 0.05) is 18.3 Å². The van der Waals surface area contributed by atoms with E-state index in [2.05, 4.69) is 6.92 Å². The van der Waals surface area contributed by atoms with Crippen LogP contribution in [0.4, 0.5) is 11.4 Å². The second-order valence-electron chi connectivity index (χ2n) is 5.71. The summed E-state index contributed by atoms with van der Waals surface area (Å²) in [5.41, 5.74) is 7.33. The molecule has 1 aliphatic heterocycles. The lowest BCUT2D eigenvalue weighted by Crippen LogP contribution is -2.48. The number of nitrogen functional groups attached to an aromatic ring is 1. The van der Waals surface area contributed by atoms with Crippen molar-refractivity contribution >= 4 is 17.3 Å². The number of amides is 1. The highest BCUT2D eigenvalue weighted by atomic mass is 16.5. The minimum absolute atomic E-state index is 0.0633. The van der Waals surface area contributed by atoms with Crippen molar-refractivity contribution in [1.82, 2.24) is 0 Å². The number of hydrogen-bond acceptors (Lipinski definition) is 3. The summed E-state index contributed by atoms with van der Waals surface area (Å²) >= 11 is 0. The number of anilines is 2. The molecule has 1 atom stereocenters. The number of nitrogens with two attached hydrogens (primary N) is 1. The second-order valence-corrected chi connectivity index (χ2v) is 5.71. The van der Waals surface area contributed by atoms with Crippen LogP contribution in [0.1, 0.15) is 40.0 Å². The zero-order valence-corrected chi connectivity index (χ0v) is 12.6. The predicted octanol–water partition coefficient (Wildman–Crippen LogP) is 3.21. The van der Waals surface area contributed by atoms with Crippen molar-refractivity contribution in [1.29, 1.82) is 0 Å². The van der Waals surface area contributed by atoms with E-state index >= 15 is 0 Å². The highest BCUT2D eigenvalue weighted by Gasteiger charge is 2.35.